The Morgan fingerprint density at radius 1 is 1.67 bits per heavy atom. The number of aliphatic carboxylic acids is 1. The highest BCUT2D eigenvalue weighted by molar-refractivity contribution is 8.00. The van der Waals surface area contributed by atoms with Crippen molar-refractivity contribution in [2.45, 2.75) is 18.7 Å². The van der Waals surface area contributed by atoms with Gasteiger partial charge in [0.15, 0.2) is 0 Å². The number of carbonyl (C=O) groups excluding carboxylic acids is 1. The van der Waals surface area contributed by atoms with Crippen LogP contribution >= 0.6 is 11.8 Å². The number of aromatic nitrogens is 2. The highest BCUT2D eigenvalue weighted by Gasteiger charge is 2.05. The fraction of sp³-hybridized carbons (Fsp3) is 0.429. The molecule has 0 atom stereocenters. The molecule has 0 bridgehead atoms. The highest BCUT2D eigenvalue weighted by atomic mass is 32.2. The van der Waals surface area contributed by atoms with Crippen LogP contribution in [-0.4, -0.2) is 21.9 Å². The summed E-state index contributed by atoms with van der Waals surface area (Å²) in [5, 5.41) is 16.9. The SMILES string of the molecule is Cc1n[nH]c(C)c1SCC(=O)[O-]. The first kappa shape index (κ1) is 9.12. The van der Waals surface area contributed by atoms with E-state index in [1.165, 1.54) is 11.8 Å². The monoisotopic (exact) mass is 185 g/mol. The van der Waals surface area contributed by atoms with Crippen molar-refractivity contribution in [3.63, 3.8) is 0 Å². The van der Waals surface area contributed by atoms with E-state index in [2.05, 4.69) is 10.2 Å². The van der Waals surface area contributed by atoms with E-state index < -0.39 is 5.97 Å². The van der Waals surface area contributed by atoms with Crippen molar-refractivity contribution in [2.75, 3.05) is 5.75 Å². The van der Waals surface area contributed by atoms with Crippen LogP contribution in [-0.2, 0) is 4.79 Å². The van der Waals surface area contributed by atoms with Crippen LogP contribution in [0, 0.1) is 13.8 Å². The van der Waals surface area contributed by atoms with Crippen LogP contribution < -0.4 is 5.11 Å². The van der Waals surface area contributed by atoms with E-state index in [-0.39, 0.29) is 5.75 Å². The molecule has 0 amide bonds. The normalized spacial score (nSPS) is 10.2. The molecule has 1 heterocycles. The molecule has 0 saturated carbocycles. The van der Waals surface area contributed by atoms with Gasteiger partial charge < -0.3 is 9.90 Å². The molecule has 66 valence electrons. The Balaban J connectivity index is 2.68. The second-order valence-electron chi connectivity index (χ2n) is 2.42. The first-order valence-electron chi connectivity index (χ1n) is 3.45. The van der Waals surface area contributed by atoms with E-state index >= 15 is 0 Å². The molecule has 0 spiro atoms. The van der Waals surface area contributed by atoms with Crippen LogP contribution in [0.5, 0.6) is 0 Å². The molecule has 1 aromatic heterocycles. The second kappa shape index (κ2) is 3.62. The van der Waals surface area contributed by atoms with E-state index in [1.807, 2.05) is 13.8 Å². The molecule has 0 aliphatic heterocycles. The molecule has 0 aliphatic rings. The summed E-state index contributed by atoms with van der Waals surface area (Å²) in [5.41, 5.74) is 1.73. The molecule has 4 nitrogen and oxygen atoms in total. The summed E-state index contributed by atoms with van der Waals surface area (Å²) in [5.74, 6) is -1.08. The Morgan fingerprint density at radius 3 is 2.75 bits per heavy atom. The minimum atomic E-state index is -1.06. The number of carboxylic acids is 1. The Morgan fingerprint density at radius 2 is 2.33 bits per heavy atom. The number of hydrogen-bond donors (Lipinski definition) is 1. The van der Waals surface area contributed by atoms with Gasteiger partial charge in [0.1, 0.15) is 0 Å². The van der Waals surface area contributed by atoms with Gasteiger partial charge in [-0.15, -0.1) is 11.8 Å². The third-order valence-electron chi connectivity index (χ3n) is 1.39. The predicted octanol–water partition coefficient (Wildman–Crippen LogP) is -0.131. The van der Waals surface area contributed by atoms with Gasteiger partial charge in [-0.1, -0.05) is 0 Å². The molecule has 0 radical (unpaired) electrons. The molecular formula is C7H9N2O2S-. The van der Waals surface area contributed by atoms with E-state index in [1.54, 1.807) is 0 Å². The number of nitrogens with one attached hydrogen (secondary N) is 1. The molecule has 0 aliphatic carbocycles. The van der Waals surface area contributed by atoms with E-state index in [9.17, 15) is 9.90 Å². The number of rotatable bonds is 3. The molecule has 1 rings (SSSR count). The van der Waals surface area contributed by atoms with Crippen molar-refractivity contribution < 1.29 is 9.90 Å². The summed E-state index contributed by atoms with van der Waals surface area (Å²) >= 11 is 1.23. The minimum Gasteiger partial charge on any atom is -0.549 e. The second-order valence-corrected chi connectivity index (χ2v) is 3.41. The summed E-state index contributed by atoms with van der Waals surface area (Å²) in [6, 6.07) is 0. The van der Waals surface area contributed by atoms with Gasteiger partial charge >= 0.3 is 0 Å². The number of carbonyl (C=O) groups is 1. The molecule has 1 aromatic rings. The van der Waals surface area contributed by atoms with Crippen molar-refractivity contribution in [3.8, 4) is 0 Å². The summed E-state index contributed by atoms with van der Waals surface area (Å²) < 4.78 is 0. The maximum Gasteiger partial charge on any atom is 0.0729 e. The van der Waals surface area contributed by atoms with Crippen LogP contribution in [0.15, 0.2) is 4.90 Å². The van der Waals surface area contributed by atoms with Crippen molar-refractivity contribution in [3.05, 3.63) is 11.4 Å². The lowest BCUT2D eigenvalue weighted by atomic mass is 10.4. The van der Waals surface area contributed by atoms with Gasteiger partial charge in [0.25, 0.3) is 0 Å². The number of carboxylic acid groups (broad SMARTS) is 1. The lowest BCUT2D eigenvalue weighted by Gasteiger charge is -2.01. The van der Waals surface area contributed by atoms with Gasteiger partial charge in [0.05, 0.1) is 16.6 Å². The van der Waals surface area contributed by atoms with Gasteiger partial charge in [-0.2, -0.15) is 5.10 Å². The molecule has 0 fully saturated rings. The first-order valence-corrected chi connectivity index (χ1v) is 4.44. The third kappa shape index (κ3) is 2.01. The standard InChI is InChI=1S/C7H10N2O2S/c1-4-7(5(2)9-8-4)12-3-6(10)11/h3H2,1-2H3,(H,8,9)(H,10,11)/p-1. The van der Waals surface area contributed by atoms with Gasteiger partial charge in [0.2, 0.25) is 0 Å². The van der Waals surface area contributed by atoms with E-state index in [0.29, 0.717) is 0 Å². The lowest BCUT2D eigenvalue weighted by Crippen LogP contribution is -2.24. The van der Waals surface area contributed by atoms with Crippen LogP contribution in [0.3, 0.4) is 0 Å². The minimum absolute atomic E-state index is 0.0266. The predicted molar refractivity (Wildman–Crippen MR) is 43.8 cm³/mol. The number of aryl methyl sites for hydroxylation is 2. The van der Waals surface area contributed by atoms with Gasteiger partial charge in [-0.25, -0.2) is 0 Å². The summed E-state index contributed by atoms with van der Waals surface area (Å²) in [6.07, 6.45) is 0. The number of hydrogen-bond acceptors (Lipinski definition) is 4. The zero-order chi connectivity index (χ0) is 9.14. The summed E-state index contributed by atoms with van der Waals surface area (Å²) in [6.45, 7) is 3.69. The average Bonchev–Trinajstić information content (AvgIpc) is 2.28. The molecule has 5 heteroatoms. The third-order valence-corrected chi connectivity index (χ3v) is 2.67. The Labute approximate surface area is 74.4 Å². The van der Waals surface area contributed by atoms with Crippen LogP contribution in [0.25, 0.3) is 0 Å². The van der Waals surface area contributed by atoms with Crippen LogP contribution in [0.2, 0.25) is 0 Å². The smallest absolute Gasteiger partial charge is 0.0729 e. The quantitative estimate of drug-likeness (QED) is 0.666. The maximum absolute atomic E-state index is 10.2. The highest BCUT2D eigenvalue weighted by Crippen LogP contribution is 2.23. The number of thioether (sulfide) groups is 1. The molecule has 12 heavy (non-hydrogen) atoms. The Bertz CT molecular complexity index is 276. The Hall–Kier alpha value is -0.970. The van der Waals surface area contributed by atoms with E-state index in [4.69, 9.17) is 0 Å². The first-order chi connectivity index (χ1) is 5.61. The number of H-pyrrole nitrogens is 1. The largest absolute Gasteiger partial charge is 0.549 e. The van der Waals surface area contributed by atoms with Crippen molar-refractivity contribution in [1.29, 1.82) is 0 Å². The number of nitrogens with zero attached hydrogens (tertiary/aromatic N) is 1. The van der Waals surface area contributed by atoms with Gasteiger partial charge in [-0.05, 0) is 13.8 Å². The van der Waals surface area contributed by atoms with E-state index in [0.717, 1.165) is 16.3 Å². The molecule has 1 N–H and O–H groups in total. The fourth-order valence-corrected chi connectivity index (χ4v) is 1.66. The Kier molecular flexibility index (Phi) is 2.75. The molecular weight excluding hydrogens is 176 g/mol. The van der Waals surface area contributed by atoms with Crippen LogP contribution in [0.4, 0.5) is 0 Å². The van der Waals surface area contributed by atoms with Crippen LogP contribution in [0.1, 0.15) is 11.4 Å². The lowest BCUT2D eigenvalue weighted by molar-refractivity contribution is -0.301. The van der Waals surface area contributed by atoms with Crippen molar-refractivity contribution in [2.24, 2.45) is 0 Å². The zero-order valence-electron chi connectivity index (χ0n) is 6.88. The number of aromatic amines is 1. The zero-order valence-corrected chi connectivity index (χ0v) is 7.70. The van der Waals surface area contributed by atoms with Crippen molar-refractivity contribution in [1.82, 2.24) is 10.2 Å². The average molecular weight is 185 g/mol. The van der Waals surface area contributed by atoms with Gasteiger partial charge in [-0.3, -0.25) is 5.10 Å². The molecule has 0 unspecified atom stereocenters. The summed E-state index contributed by atoms with van der Waals surface area (Å²) in [7, 11) is 0. The van der Waals surface area contributed by atoms with Gasteiger partial charge in [0, 0.05) is 11.4 Å². The summed E-state index contributed by atoms with van der Waals surface area (Å²) in [4.78, 5) is 11.1. The molecule has 0 aromatic carbocycles. The topological polar surface area (TPSA) is 68.8 Å². The fourth-order valence-electron chi connectivity index (χ4n) is 0.884. The maximum atomic E-state index is 10.2. The van der Waals surface area contributed by atoms with Crippen molar-refractivity contribution >= 4 is 17.7 Å². The molecule has 0 saturated heterocycles.